The molecule has 0 aromatic carbocycles. The summed E-state index contributed by atoms with van der Waals surface area (Å²) in [7, 11) is 0. The average Bonchev–Trinajstić information content (AvgIpc) is 2.93. The fraction of sp³-hybridized carbons (Fsp3) is 0.812. The zero-order valence-corrected chi connectivity index (χ0v) is 12.6. The largest absolute Gasteiger partial charge is 0.360 e. The quantitative estimate of drug-likeness (QED) is 0.898. The summed E-state index contributed by atoms with van der Waals surface area (Å²) >= 11 is 0. The Kier molecular flexibility index (Phi) is 4.73. The van der Waals surface area contributed by atoms with Crippen LogP contribution >= 0.6 is 0 Å². The average molecular weight is 277 g/mol. The minimum atomic E-state index is 0.791. The van der Waals surface area contributed by atoms with Gasteiger partial charge in [-0.1, -0.05) is 24.9 Å². The highest BCUT2D eigenvalue weighted by atomic mass is 16.5. The lowest BCUT2D eigenvalue weighted by molar-refractivity contribution is 0.0479. The van der Waals surface area contributed by atoms with Crippen molar-refractivity contribution >= 4 is 0 Å². The molecule has 1 saturated carbocycles. The summed E-state index contributed by atoms with van der Waals surface area (Å²) in [5.74, 6) is 1.96. The summed E-state index contributed by atoms with van der Waals surface area (Å²) in [5.41, 5.74) is 1.03. The molecule has 1 N–H and O–H groups in total. The third-order valence-corrected chi connectivity index (χ3v) is 4.88. The molecule has 1 saturated heterocycles. The van der Waals surface area contributed by atoms with E-state index in [0.29, 0.717) is 0 Å². The molecule has 0 amide bonds. The van der Waals surface area contributed by atoms with Crippen LogP contribution in [0, 0.1) is 5.92 Å². The van der Waals surface area contributed by atoms with Crippen molar-refractivity contribution in [3.05, 3.63) is 17.5 Å². The number of likely N-dealkylation sites (tertiary alicyclic amines) is 1. The van der Waals surface area contributed by atoms with Gasteiger partial charge in [-0.15, -0.1) is 0 Å². The highest BCUT2D eigenvalue weighted by Gasteiger charge is 2.33. The first-order chi connectivity index (χ1) is 9.86. The third-order valence-electron chi connectivity index (χ3n) is 4.88. The molecule has 20 heavy (non-hydrogen) atoms. The van der Waals surface area contributed by atoms with E-state index in [1.807, 2.05) is 0 Å². The van der Waals surface area contributed by atoms with Crippen LogP contribution in [0.5, 0.6) is 0 Å². The van der Waals surface area contributed by atoms with E-state index < -0.39 is 0 Å². The molecule has 0 spiro atoms. The van der Waals surface area contributed by atoms with E-state index in [-0.39, 0.29) is 0 Å². The molecule has 0 radical (unpaired) electrons. The molecule has 0 bridgehead atoms. The molecular weight excluding hydrogens is 250 g/mol. The molecule has 2 aliphatic rings. The molecule has 2 fully saturated rings. The molecule has 1 aliphatic heterocycles. The maximum absolute atomic E-state index is 5.51. The molecule has 3 rings (SSSR count). The number of hydrogen-bond acceptors (Lipinski definition) is 4. The van der Waals surface area contributed by atoms with Gasteiger partial charge in [-0.05, 0) is 44.7 Å². The Balaban J connectivity index is 1.59. The fourth-order valence-electron chi connectivity index (χ4n) is 3.89. The maximum Gasteiger partial charge on any atom is 0.151 e. The second-order valence-corrected chi connectivity index (χ2v) is 6.29. The molecule has 1 aromatic rings. The van der Waals surface area contributed by atoms with Crippen LogP contribution in [0.15, 0.2) is 10.6 Å². The third kappa shape index (κ3) is 3.23. The summed E-state index contributed by atoms with van der Waals surface area (Å²) in [6, 6.07) is 2.91. The van der Waals surface area contributed by atoms with Crippen LogP contribution in [0.1, 0.15) is 56.9 Å². The van der Waals surface area contributed by atoms with Crippen molar-refractivity contribution in [2.75, 3.05) is 13.1 Å². The van der Waals surface area contributed by atoms with Crippen molar-refractivity contribution in [1.29, 1.82) is 0 Å². The Morgan fingerprint density at radius 1 is 1.30 bits per heavy atom. The van der Waals surface area contributed by atoms with E-state index in [9.17, 15) is 0 Å². The van der Waals surface area contributed by atoms with Crippen LogP contribution < -0.4 is 5.32 Å². The Morgan fingerprint density at radius 2 is 2.15 bits per heavy atom. The molecule has 4 heteroatoms. The standard InChI is InChI=1S/C16H27N3O/c1-2-17-11-14-10-15(20-18-14)12-19-9-5-7-13-6-3-4-8-16(13)19/h10,13,16-17H,2-9,11-12H2,1H3. The monoisotopic (exact) mass is 277 g/mol. The van der Waals surface area contributed by atoms with Gasteiger partial charge >= 0.3 is 0 Å². The molecule has 2 unspecified atom stereocenters. The van der Waals surface area contributed by atoms with E-state index in [1.54, 1.807) is 0 Å². The van der Waals surface area contributed by atoms with Crippen LogP contribution in [0.3, 0.4) is 0 Å². The Labute approximate surface area is 121 Å². The minimum Gasteiger partial charge on any atom is -0.360 e. The second kappa shape index (κ2) is 6.72. The summed E-state index contributed by atoms with van der Waals surface area (Å²) in [6.45, 7) is 6.06. The van der Waals surface area contributed by atoms with Gasteiger partial charge in [0.15, 0.2) is 5.76 Å². The molecule has 1 aliphatic carbocycles. The number of nitrogens with zero attached hydrogens (tertiary/aromatic N) is 2. The van der Waals surface area contributed by atoms with Crippen LogP contribution in [0.2, 0.25) is 0 Å². The van der Waals surface area contributed by atoms with Crippen LogP contribution in [0.4, 0.5) is 0 Å². The van der Waals surface area contributed by atoms with E-state index in [4.69, 9.17) is 4.52 Å². The molecule has 2 atom stereocenters. The van der Waals surface area contributed by atoms with Crippen molar-refractivity contribution in [2.45, 2.75) is 64.6 Å². The van der Waals surface area contributed by atoms with Crippen molar-refractivity contribution < 1.29 is 4.52 Å². The van der Waals surface area contributed by atoms with Gasteiger partial charge in [0.05, 0.1) is 12.2 Å². The lowest BCUT2D eigenvalue weighted by Gasteiger charge is -2.43. The van der Waals surface area contributed by atoms with E-state index in [2.05, 4.69) is 28.4 Å². The normalized spacial score (nSPS) is 27.4. The van der Waals surface area contributed by atoms with E-state index >= 15 is 0 Å². The van der Waals surface area contributed by atoms with Crippen molar-refractivity contribution in [1.82, 2.24) is 15.4 Å². The maximum atomic E-state index is 5.51. The lowest BCUT2D eigenvalue weighted by Crippen LogP contribution is -2.46. The molecule has 2 heterocycles. The molecular formula is C16H27N3O. The SMILES string of the molecule is CCNCc1cc(CN2CCCC3CCCCC32)on1. The topological polar surface area (TPSA) is 41.3 Å². The number of hydrogen-bond donors (Lipinski definition) is 1. The predicted molar refractivity (Wildman–Crippen MR) is 79.3 cm³/mol. The predicted octanol–water partition coefficient (Wildman–Crippen LogP) is 2.94. The number of fused-ring (bicyclic) bond motifs is 1. The molecule has 112 valence electrons. The first-order valence-electron chi connectivity index (χ1n) is 8.26. The number of aromatic nitrogens is 1. The van der Waals surface area contributed by atoms with Gasteiger partial charge < -0.3 is 9.84 Å². The van der Waals surface area contributed by atoms with Crippen LogP contribution in [-0.4, -0.2) is 29.2 Å². The van der Waals surface area contributed by atoms with E-state index in [0.717, 1.165) is 43.0 Å². The number of rotatable bonds is 5. The first-order valence-corrected chi connectivity index (χ1v) is 8.26. The van der Waals surface area contributed by atoms with Gasteiger partial charge in [-0.3, -0.25) is 4.90 Å². The highest BCUT2D eigenvalue weighted by molar-refractivity contribution is 5.06. The van der Waals surface area contributed by atoms with Crippen molar-refractivity contribution in [2.24, 2.45) is 5.92 Å². The highest BCUT2D eigenvalue weighted by Crippen LogP contribution is 2.35. The van der Waals surface area contributed by atoms with Gasteiger partial charge in [0.25, 0.3) is 0 Å². The number of nitrogens with one attached hydrogen (secondary N) is 1. The Morgan fingerprint density at radius 3 is 3.05 bits per heavy atom. The Bertz CT molecular complexity index is 416. The van der Waals surface area contributed by atoms with Crippen molar-refractivity contribution in [3.63, 3.8) is 0 Å². The smallest absolute Gasteiger partial charge is 0.151 e. The summed E-state index contributed by atoms with van der Waals surface area (Å²) in [4.78, 5) is 2.64. The zero-order chi connectivity index (χ0) is 13.8. The van der Waals surface area contributed by atoms with Gasteiger partial charge in [-0.25, -0.2) is 0 Å². The van der Waals surface area contributed by atoms with Crippen molar-refractivity contribution in [3.8, 4) is 0 Å². The van der Waals surface area contributed by atoms with Gasteiger partial charge in [0, 0.05) is 18.7 Å². The van der Waals surface area contributed by atoms with Crippen LogP contribution in [0.25, 0.3) is 0 Å². The zero-order valence-electron chi connectivity index (χ0n) is 12.6. The van der Waals surface area contributed by atoms with Gasteiger partial charge in [-0.2, -0.15) is 0 Å². The second-order valence-electron chi connectivity index (χ2n) is 6.29. The summed E-state index contributed by atoms with van der Waals surface area (Å²) in [6.07, 6.45) is 8.43. The van der Waals surface area contributed by atoms with Gasteiger partial charge in [0.1, 0.15) is 0 Å². The van der Waals surface area contributed by atoms with E-state index in [1.165, 1.54) is 45.1 Å². The molecule has 4 nitrogen and oxygen atoms in total. The van der Waals surface area contributed by atoms with Gasteiger partial charge in [0.2, 0.25) is 0 Å². The minimum absolute atomic E-state index is 0.791. The Hall–Kier alpha value is -0.870. The summed E-state index contributed by atoms with van der Waals surface area (Å²) < 4.78 is 5.51. The fourth-order valence-corrected chi connectivity index (χ4v) is 3.89. The first kappa shape index (κ1) is 14.1. The number of piperidine rings is 1. The van der Waals surface area contributed by atoms with Crippen LogP contribution in [-0.2, 0) is 13.1 Å². The molecule has 1 aromatic heterocycles. The summed E-state index contributed by atoms with van der Waals surface area (Å²) in [5, 5.41) is 7.45. The lowest BCUT2D eigenvalue weighted by atomic mass is 9.78.